The van der Waals surface area contributed by atoms with E-state index in [4.69, 9.17) is 5.73 Å². The summed E-state index contributed by atoms with van der Waals surface area (Å²) in [5.74, 6) is 0. The minimum Gasteiger partial charge on any atom is -0.328 e. The van der Waals surface area contributed by atoms with Crippen molar-refractivity contribution < 1.29 is 0 Å². The van der Waals surface area contributed by atoms with Gasteiger partial charge in [-0.15, -0.1) is 0 Å². The van der Waals surface area contributed by atoms with Crippen molar-refractivity contribution in [1.29, 1.82) is 0 Å². The minimum absolute atomic E-state index is 0.442. The Labute approximate surface area is 98.2 Å². The molecule has 0 saturated heterocycles. The number of rotatable bonds is 3. The Kier molecular flexibility index (Phi) is 3.97. The molecule has 0 amide bonds. The molecule has 0 spiro atoms. The molecule has 0 aliphatic heterocycles. The van der Waals surface area contributed by atoms with E-state index in [-0.39, 0.29) is 0 Å². The monoisotopic (exact) mass is 218 g/mol. The quantitative estimate of drug-likeness (QED) is 0.817. The summed E-state index contributed by atoms with van der Waals surface area (Å²) in [6, 6.07) is 9.82. The maximum absolute atomic E-state index is 5.90. The molecule has 1 aliphatic carbocycles. The van der Waals surface area contributed by atoms with Crippen LogP contribution in [0.3, 0.4) is 0 Å². The van der Waals surface area contributed by atoms with Gasteiger partial charge in [0.15, 0.2) is 0 Å². The Morgan fingerprint density at radius 3 is 2.69 bits per heavy atom. The van der Waals surface area contributed by atoms with E-state index >= 15 is 0 Å². The Hall–Kier alpha value is -0.860. The van der Waals surface area contributed by atoms with Gasteiger partial charge in [0.1, 0.15) is 0 Å². The van der Waals surface area contributed by atoms with E-state index in [9.17, 15) is 0 Å². The molecule has 1 aliphatic rings. The maximum Gasteiger partial charge on any atom is 0.0208 e. The predicted octanol–water partition coefficient (Wildman–Crippen LogP) is 2.35. The standard InChI is InChI=1S/C14H22N2/c1-11-3-2-4-12(9-11)10-16-14-7-5-13(15)6-8-14/h2-4,9,13-14,16H,5-8,10,15H2,1H3. The lowest BCUT2D eigenvalue weighted by Gasteiger charge is -2.27. The zero-order valence-corrected chi connectivity index (χ0v) is 10.1. The lowest BCUT2D eigenvalue weighted by molar-refractivity contribution is 0.342. The molecular formula is C14H22N2. The molecular weight excluding hydrogens is 196 g/mol. The average Bonchev–Trinajstić information content (AvgIpc) is 2.28. The molecule has 1 aromatic carbocycles. The number of hydrogen-bond acceptors (Lipinski definition) is 2. The molecule has 2 rings (SSSR count). The van der Waals surface area contributed by atoms with E-state index in [1.165, 1.54) is 36.8 Å². The fourth-order valence-electron chi connectivity index (χ4n) is 2.41. The smallest absolute Gasteiger partial charge is 0.0208 e. The first-order valence-corrected chi connectivity index (χ1v) is 6.28. The summed E-state index contributed by atoms with van der Waals surface area (Å²) in [6.45, 7) is 3.13. The normalized spacial score (nSPS) is 25.6. The number of nitrogens with one attached hydrogen (secondary N) is 1. The van der Waals surface area contributed by atoms with Crippen molar-refractivity contribution in [3.63, 3.8) is 0 Å². The highest BCUT2D eigenvalue weighted by Gasteiger charge is 2.17. The summed E-state index contributed by atoms with van der Waals surface area (Å²) in [5.41, 5.74) is 8.62. The third-order valence-electron chi connectivity index (χ3n) is 3.45. The van der Waals surface area contributed by atoms with Gasteiger partial charge in [-0.05, 0) is 38.2 Å². The molecule has 2 heteroatoms. The lowest BCUT2D eigenvalue weighted by Crippen LogP contribution is -2.37. The number of nitrogens with two attached hydrogens (primary N) is 1. The Bertz CT molecular complexity index is 327. The van der Waals surface area contributed by atoms with Gasteiger partial charge in [0.05, 0.1) is 0 Å². The van der Waals surface area contributed by atoms with Crippen LogP contribution >= 0.6 is 0 Å². The van der Waals surface area contributed by atoms with Gasteiger partial charge in [0.2, 0.25) is 0 Å². The van der Waals surface area contributed by atoms with Crippen molar-refractivity contribution in [2.45, 2.75) is 51.2 Å². The van der Waals surface area contributed by atoms with Crippen LogP contribution < -0.4 is 11.1 Å². The van der Waals surface area contributed by atoms with Crippen LogP contribution in [0.2, 0.25) is 0 Å². The zero-order chi connectivity index (χ0) is 11.4. The van der Waals surface area contributed by atoms with E-state index in [0.29, 0.717) is 12.1 Å². The molecule has 1 aromatic rings. The van der Waals surface area contributed by atoms with Gasteiger partial charge < -0.3 is 11.1 Å². The highest BCUT2D eigenvalue weighted by molar-refractivity contribution is 5.22. The first kappa shape index (κ1) is 11.6. The van der Waals surface area contributed by atoms with Crippen LogP contribution in [0.5, 0.6) is 0 Å². The van der Waals surface area contributed by atoms with Gasteiger partial charge in [-0.2, -0.15) is 0 Å². The maximum atomic E-state index is 5.90. The topological polar surface area (TPSA) is 38.0 Å². The summed E-state index contributed by atoms with van der Waals surface area (Å²) >= 11 is 0. The molecule has 0 bridgehead atoms. The molecule has 2 nitrogen and oxygen atoms in total. The van der Waals surface area contributed by atoms with Crippen LogP contribution in [-0.4, -0.2) is 12.1 Å². The first-order chi connectivity index (χ1) is 7.74. The Morgan fingerprint density at radius 2 is 2.00 bits per heavy atom. The van der Waals surface area contributed by atoms with Crippen LogP contribution in [0.4, 0.5) is 0 Å². The van der Waals surface area contributed by atoms with Gasteiger partial charge in [0.25, 0.3) is 0 Å². The van der Waals surface area contributed by atoms with Gasteiger partial charge in [0, 0.05) is 18.6 Å². The first-order valence-electron chi connectivity index (χ1n) is 6.28. The minimum atomic E-state index is 0.442. The summed E-state index contributed by atoms with van der Waals surface area (Å²) in [6.07, 6.45) is 4.80. The van der Waals surface area contributed by atoms with Crippen molar-refractivity contribution in [2.75, 3.05) is 0 Å². The highest BCUT2D eigenvalue weighted by Crippen LogP contribution is 2.17. The van der Waals surface area contributed by atoms with Gasteiger partial charge in [-0.3, -0.25) is 0 Å². The molecule has 0 unspecified atom stereocenters. The fourth-order valence-corrected chi connectivity index (χ4v) is 2.41. The van der Waals surface area contributed by atoms with Crippen molar-refractivity contribution in [3.05, 3.63) is 35.4 Å². The third kappa shape index (κ3) is 3.32. The molecule has 3 N–H and O–H groups in total. The van der Waals surface area contributed by atoms with Crippen molar-refractivity contribution in [1.82, 2.24) is 5.32 Å². The zero-order valence-electron chi connectivity index (χ0n) is 10.1. The van der Waals surface area contributed by atoms with E-state index in [1.54, 1.807) is 0 Å². The Morgan fingerprint density at radius 1 is 1.25 bits per heavy atom. The SMILES string of the molecule is Cc1cccc(CNC2CCC(N)CC2)c1. The predicted molar refractivity (Wildman–Crippen MR) is 68.3 cm³/mol. The second-order valence-corrected chi connectivity index (χ2v) is 4.98. The summed E-state index contributed by atoms with van der Waals surface area (Å²) in [4.78, 5) is 0. The third-order valence-corrected chi connectivity index (χ3v) is 3.45. The van der Waals surface area contributed by atoms with Crippen LogP contribution in [-0.2, 0) is 6.54 Å². The summed E-state index contributed by atoms with van der Waals surface area (Å²) < 4.78 is 0. The second-order valence-electron chi connectivity index (χ2n) is 4.98. The molecule has 0 heterocycles. The summed E-state index contributed by atoms with van der Waals surface area (Å²) in [5, 5.41) is 3.63. The van der Waals surface area contributed by atoms with E-state index in [2.05, 4.69) is 36.5 Å². The second kappa shape index (κ2) is 5.46. The van der Waals surface area contributed by atoms with Crippen molar-refractivity contribution in [3.8, 4) is 0 Å². The molecule has 16 heavy (non-hydrogen) atoms. The van der Waals surface area contributed by atoms with Crippen LogP contribution in [0, 0.1) is 6.92 Å². The summed E-state index contributed by atoms with van der Waals surface area (Å²) in [7, 11) is 0. The van der Waals surface area contributed by atoms with Gasteiger partial charge in [-0.1, -0.05) is 29.8 Å². The lowest BCUT2D eigenvalue weighted by atomic mass is 9.92. The number of aryl methyl sites for hydroxylation is 1. The highest BCUT2D eigenvalue weighted by atomic mass is 14.9. The molecule has 0 aromatic heterocycles. The number of hydrogen-bond donors (Lipinski definition) is 2. The van der Waals surface area contributed by atoms with Crippen molar-refractivity contribution in [2.24, 2.45) is 5.73 Å². The Balaban J connectivity index is 1.79. The molecule has 1 saturated carbocycles. The molecule has 1 fully saturated rings. The molecule has 88 valence electrons. The van der Waals surface area contributed by atoms with E-state index < -0.39 is 0 Å². The van der Waals surface area contributed by atoms with Crippen LogP contribution in [0.15, 0.2) is 24.3 Å². The van der Waals surface area contributed by atoms with E-state index in [0.717, 1.165) is 6.54 Å². The van der Waals surface area contributed by atoms with E-state index in [1.807, 2.05) is 0 Å². The van der Waals surface area contributed by atoms with Crippen LogP contribution in [0.1, 0.15) is 36.8 Å². The van der Waals surface area contributed by atoms with Crippen molar-refractivity contribution >= 4 is 0 Å². The largest absolute Gasteiger partial charge is 0.328 e. The average molecular weight is 218 g/mol. The molecule has 0 radical (unpaired) electrons. The van der Waals surface area contributed by atoms with Gasteiger partial charge in [-0.25, -0.2) is 0 Å². The molecule has 0 atom stereocenters. The fraction of sp³-hybridized carbons (Fsp3) is 0.571. The number of benzene rings is 1. The van der Waals surface area contributed by atoms with Crippen LogP contribution in [0.25, 0.3) is 0 Å². The van der Waals surface area contributed by atoms with Gasteiger partial charge >= 0.3 is 0 Å².